The second-order valence-electron chi connectivity index (χ2n) is 7.52. The second-order valence-corrected chi connectivity index (χ2v) is 7.52. The van der Waals surface area contributed by atoms with Gasteiger partial charge in [-0.05, 0) is 25.3 Å². The van der Waals surface area contributed by atoms with Gasteiger partial charge in [-0.3, -0.25) is 14.4 Å². The molecule has 2 saturated heterocycles. The number of ether oxygens (including phenoxy) is 1. The van der Waals surface area contributed by atoms with E-state index in [-0.39, 0.29) is 30.8 Å². The van der Waals surface area contributed by atoms with Gasteiger partial charge in [-0.1, -0.05) is 29.8 Å². The Morgan fingerprint density at radius 2 is 2.04 bits per heavy atom. The van der Waals surface area contributed by atoms with Crippen molar-refractivity contribution in [1.82, 2.24) is 10.2 Å². The van der Waals surface area contributed by atoms with Gasteiger partial charge in [0.05, 0.1) is 18.6 Å². The van der Waals surface area contributed by atoms with Gasteiger partial charge < -0.3 is 20.1 Å². The van der Waals surface area contributed by atoms with E-state index in [9.17, 15) is 19.5 Å². The monoisotopic (exact) mass is 374 g/mol. The van der Waals surface area contributed by atoms with E-state index in [1.54, 1.807) is 4.90 Å². The standard InChI is InChI=1S/C20H26N2O5/c1-14-2-4-15(5-3-14)6-7-17(23)21-10-18(24)22-11-16-12-27-9-8-20(16,13-22)19(25)26/h2-5,16H,6-13H2,1H3,(H,21,23)(H,25,26)/t16-,20+/m0/s1. The molecule has 2 N–H and O–H groups in total. The molecular formula is C20H26N2O5. The number of fused-ring (bicyclic) bond motifs is 1. The summed E-state index contributed by atoms with van der Waals surface area (Å²) in [7, 11) is 0. The highest BCUT2D eigenvalue weighted by Crippen LogP contribution is 2.42. The predicted octanol–water partition coefficient (Wildman–Crippen LogP) is 0.994. The lowest BCUT2D eigenvalue weighted by Gasteiger charge is -2.33. The van der Waals surface area contributed by atoms with Crippen molar-refractivity contribution in [2.75, 3.05) is 32.8 Å². The average Bonchev–Trinajstić information content (AvgIpc) is 3.07. The van der Waals surface area contributed by atoms with Gasteiger partial charge in [0.15, 0.2) is 0 Å². The third-order valence-corrected chi connectivity index (χ3v) is 5.68. The number of aryl methyl sites for hydroxylation is 2. The highest BCUT2D eigenvalue weighted by Gasteiger charge is 2.54. The van der Waals surface area contributed by atoms with Crippen LogP contribution in [0, 0.1) is 18.3 Å². The lowest BCUT2D eigenvalue weighted by atomic mass is 9.74. The van der Waals surface area contributed by atoms with Crippen LogP contribution in [-0.4, -0.2) is 60.6 Å². The summed E-state index contributed by atoms with van der Waals surface area (Å²) in [5.74, 6) is -1.48. The van der Waals surface area contributed by atoms with Crippen LogP contribution in [0.1, 0.15) is 24.0 Å². The van der Waals surface area contributed by atoms with Crippen molar-refractivity contribution in [3.8, 4) is 0 Å². The molecule has 7 heteroatoms. The number of carbonyl (C=O) groups excluding carboxylic acids is 2. The Labute approximate surface area is 158 Å². The number of benzene rings is 1. The molecule has 0 aromatic heterocycles. The maximum Gasteiger partial charge on any atom is 0.311 e. The Bertz CT molecular complexity index is 718. The fourth-order valence-corrected chi connectivity index (χ4v) is 3.88. The molecule has 0 spiro atoms. The summed E-state index contributed by atoms with van der Waals surface area (Å²) < 4.78 is 5.40. The quantitative estimate of drug-likeness (QED) is 0.774. The number of aliphatic carboxylic acids is 1. The van der Waals surface area contributed by atoms with E-state index in [1.807, 2.05) is 31.2 Å². The summed E-state index contributed by atoms with van der Waals surface area (Å²) in [4.78, 5) is 37.8. The molecule has 1 aromatic carbocycles. The molecule has 0 unspecified atom stereocenters. The van der Waals surface area contributed by atoms with E-state index in [4.69, 9.17) is 4.74 Å². The van der Waals surface area contributed by atoms with Gasteiger partial charge in [-0.2, -0.15) is 0 Å². The third-order valence-electron chi connectivity index (χ3n) is 5.68. The molecule has 146 valence electrons. The first-order chi connectivity index (χ1) is 12.9. The van der Waals surface area contributed by atoms with Crippen molar-refractivity contribution < 1.29 is 24.2 Å². The molecule has 0 radical (unpaired) electrons. The van der Waals surface area contributed by atoms with Crippen LogP contribution in [0.2, 0.25) is 0 Å². The van der Waals surface area contributed by atoms with Gasteiger partial charge in [0.1, 0.15) is 0 Å². The second kappa shape index (κ2) is 8.08. The normalized spacial score (nSPS) is 24.3. The van der Waals surface area contributed by atoms with Crippen LogP contribution in [0.3, 0.4) is 0 Å². The molecule has 0 bridgehead atoms. The fraction of sp³-hybridized carbons (Fsp3) is 0.550. The fourth-order valence-electron chi connectivity index (χ4n) is 3.88. The largest absolute Gasteiger partial charge is 0.481 e. The Morgan fingerprint density at radius 1 is 1.30 bits per heavy atom. The summed E-state index contributed by atoms with van der Waals surface area (Å²) in [6.45, 7) is 3.23. The topological polar surface area (TPSA) is 95.9 Å². The minimum absolute atomic E-state index is 0.101. The number of carbonyl (C=O) groups is 3. The van der Waals surface area contributed by atoms with Gasteiger partial charge in [0.25, 0.3) is 0 Å². The molecular weight excluding hydrogens is 348 g/mol. The maximum absolute atomic E-state index is 12.4. The maximum atomic E-state index is 12.4. The Kier molecular flexibility index (Phi) is 5.79. The number of hydrogen-bond donors (Lipinski definition) is 2. The molecule has 3 rings (SSSR count). The highest BCUT2D eigenvalue weighted by atomic mass is 16.5. The summed E-state index contributed by atoms with van der Waals surface area (Å²) in [6, 6.07) is 8.00. The van der Waals surface area contributed by atoms with Gasteiger partial charge in [-0.25, -0.2) is 0 Å². The number of nitrogens with zero attached hydrogens (tertiary/aromatic N) is 1. The van der Waals surface area contributed by atoms with Crippen molar-refractivity contribution in [2.24, 2.45) is 11.3 Å². The number of carboxylic acid groups (broad SMARTS) is 1. The molecule has 0 saturated carbocycles. The van der Waals surface area contributed by atoms with Gasteiger partial charge in [0.2, 0.25) is 11.8 Å². The smallest absolute Gasteiger partial charge is 0.311 e. The summed E-state index contributed by atoms with van der Waals surface area (Å²) in [5, 5.41) is 12.3. The number of likely N-dealkylation sites (tertiary alicyclic amines) is 1. The van der Waals surface area contributed by atoms with Gasteiger partial charge in [0, 0.05) is 32.0 Å². The average molecular weight is 374 g/mol. The van der Waals surface area contributed by atoms with Crippen LogP contribution in [0.25, 0.3) is 0 Å². The van der Waals surface area contributed by atoms with E-state index in [1.165, 1.54) is 5.56 Å². The molecule has 27 heavy (non-hydrogen) atoms. The number of hydrogen-bond acceptors (Lipinski definition) is 4. The zero-order valence-electron chi connectivity index (χ0n) is 15.6. The Hall–Kier alpha value is -2.41. The first-order valence-corrected chi connectivity index (χ1v) is 9.32. The first kappa shape index (κ1) is 19.4. The van der Waals surface area contributed by atoms with Crippen molar-refractivity contribution >= 4 is 17.8 Å². The summed E-state index contributed by atoms with van der Waals surface area (Å²) in [6.07, 6.45) is 1.34. The molecule has 1 aromatic rings. The SMILES string of the molecule is Cc1ccc(CCC(=O)NCC(=O)N2C[C@H]3COCC[C@@]3(C(=O)O)C2)cc1. The molecule has 2 aliphatic heterocycles. The lowest BCUT2D eigenvalue weighted by Crippen LogP contribution is -2.45. The minimum Gasteiger partial charge on any atom is -0.481 e. The third kappa shape index (κ3) is 4.30. The van der Waals surface area contributed by atoms with Crippen molar-refractivity contribution in [2.45, 2.75) is 26.2 Å². The molecule has 2 heterocycles. The van der Waals surface area contributed by atoms with Crippen LogP contribution in [0.5, 0.6) is 0 Å². The summed E-state index contributed by atoms with van der Waals surface area (Å²) >= 11 is 0. The molecule has 2 amide bonds. The lowest BCUT2D eigenvalue weighted by molar-refractivity contribution is -0.157. The highest BCUT2D eigenvalue weighted by molar-refractivity contribution is 5.86. The molecule has 7 nitrogen and oxygen atoms in total. The Morgan fingerprint density at radius 3 is 2.70 bits per heavy atom. The number of rotatable bonds is 6. The van der Waals surface area contributed by atoms with E-state index in [0.29, 0.717) is 39.0 Å². The van der Waals surface area contributed by atoms with Crippen LogP contribution in [-0.2, 0) is 25.5 Å². The minimum atomic E-state index is -0.913. The first-order valence-electron chi connectivity index (χ1n) is 9.32. The number of carboxylic acids is 1. The van der Waals surface area contributed by atoms with Gasteiger partial charge >= 0.3 is 5.97 Å². The van der Waals surface area contributed by atoms with E-state index < -0.39 is 11.4 Å². The zero-order chi connectivity index (χ0) is 19.4. The number of amides is 2. The van der Waals surface area contributed by atoms with Crippen molar-refractivity contribution in [3.63, 3.8) is 0 Å². The van der Waals surface area contributed by atoms with E-state index in [2.05, 4.69) is 5.32 Å². The molecule has 2 fully saturated rings. The van der Waals surface area contributed by atoms with Crippen molar-refractivity contribution in [1.29, 1.82) is 0 Å². The van der Waals surface area contributed by atoms with Crippen LogP contribution < -0.4 is 5.32 Å². The molecule has 2 atom stereocenters. The zero-order valence-corrected chi connectivity index (χ0v) is 15.6. The van der Waals surface area contributed by atoms with Gasteiger partial charge in [-0.15, -0.1) is 0 Å². The van der Waals surface area contributed by atoms with Crippen molar-refractivity contribution in [3.05, 3.63) is 35.4 Å². The summed E-state index contributed by atoms with van der Waals surface area (Å²) in [5.41, 5.74) is 1.34. The molecule has 2 aliphatic rings. The Balaban J connectivity index is 1.47. The number of nitrogens with one attached hydrogen (secondary N) is 1. The molecule has 0 aliphatic carbocycles. The van der Waals surface area contributed by atoms with Crippen LogP contribution in [0.4, 0.5) is 0 Å². The van der Waals surface area contributed by atoms with Crippen LogP contribution in [0.15, 0.2) is 24.3 Å². The van der Waals surface area contributed by atoms with E-state index >= 15 is 0 Å². The predicted molar refractivity (Wildman–Crippen MR) is 98.1 cm³/mol. The van der Waals surface area contributed by atoms with E-state index in [0.717, 1.165) is 5.56 Å². The van der Waals surface area contributed by atoms with Crippen LogP contribution >= 0.6 is 0 Å².